The van der Waals surface area contributed by atoms with Gasteiger partial charge < -0.3 is 14.6 Å². The van der Waals surface area contributed by atoms with Crippen molar-refractivity contribution in [3.8, 4) is 22.6 Å². The van der Waals surface area contributed by atoms with Gasteiger partial charge in [-0.1, -0.05) is 54.6 Å². The zero-order valence-electron chi connectivity index (χ0n) is 16.9. The van der Waals surface area contributed by atoms with E-state index in [0.29, 0.717) is 22.8 Å². The molecule has 0 radical (unpaired) electrons. The number of amides is 1. The zero-order chi connectivity index (χ0) is 22.1. The predicted octanol–water partition coefficient (Wildman–Crippen LogP) is 3.74. The van der Waals surface area contributed by atoms with Gasteiger partial charge in [-0.25, -0.2) is 10.2 Å². The van der Waals surface area contributed by atoms with Crippen molar-refractivity contribution in [1.29, 1.82) is 0 Å². The van der Waals surface area contributed by atoms with Gasteiger partial charge in [0.05, 0.1) is 5.71 Å². The highest BCUT2D eigenvalue weighted by atomic mass is 16.5. The molecular formula is C24H22N2O5. The lowest BCUT2D eigenvalue weighted by molar-refractivity contribution is -0.139. The van der Waals surface area contributed by atoms with E-state index in [4.69, 9.17) is 14.6 Å². The lowest BCUT2D eigenvalue weighted by atomic mass is 10.1. The second-order valence-corrected chi connectivity index (χ2v) is 6.62. The van der Waals surface area contributed by atoms with Crippen LogP contribution in [0, 0.1) is 0 Å². The third kappa shape index (κ3) is 6.71. The summed E-state index contributed by atoms with van der Waals surface area (Å²) in [6.07, 6.45) is 0. The Balaban J connectivity index is 1.51. The summed E-state index contributed by atoms with van der Waals surface area (Å²) in [6, 6.07) is 24.3. The van der Waals surface area contributed by atoms with Gasteiger partial charge in [0.1, 0.15) is 11.5 Å². The van der Waals surface area contributed by atoms with Crippen molar-refractivity contribution in [1.82, 2.24) is 5.43 Å². The summed E-state index contributed by atoms with van der Waals surface area (Å²) in [4.78, 5) is 22.7. The number of benzene rings is 3. The van der Waals surface area contributed by atoms with Crippen LogP contribution in [-0.2, 0) is 9.59 Å². The number of carboxylic acid groups (broad SMARTS) is 1. The monoisotopic (exact) mass is 418 g/mol. The van der Waals surface area contributed by atoms with Gasteiger partial charge in [0.25, 0.3) is 5.91 Å². The molecule has 0 spiro atoms. The molecule has 0 fully saturated rings. The van der Waals surface area contributed by atoms with Crippen LogP contribution in [0.3, 0.4) is 0 Å². The SMILES string of the molecule is C/C(=N/NC(=O)COc1ccc(-c2ccccc2)cc1)c1cccc(OCC(=O)O)c1. The topological polar surface area (TPSA) is 97.2 Å². The first-order valence-electron chi connectivity index (χ1n) is 9.58. The second-order valence-electron chi connectivity index (χ2n) is 6.62. The molecule has 0 saturated carbocycles. The molecule has 0 aliphatic carbocycles. The normalized spacial score (nSPS) is 10.9. The number of nitrogens with zero attached hydrogens (tertiary/aromatic N) is 1. The Kier molecular flexibility index (Phi) is 7.37. The van der Waals surface area contributed by atoms with E-state index >= 15 is 0 Å². The van der Waals surface area contributed by atoms with Gasteiger partial charge in [-0.15, -0.1) is 0 Å². The largest absolute Gasteiger partial charge is 0.484 e. The Morgan fingerprint density at radius 3 is 2.23 bits per heavy atom. The summed E-state index contributed by atoms with van der Waals surface area (Å²) >= 11 is 0. The van der Waals surface area contributed by atoms with Crippen molar-refractivity contribution in [2.45, 2.75) is 6.92 Å². The number of carbonyl (C=O) groups is 2. The summed E-state index contributed by atoms with van der Waals surface area (Å²) in [5.74, 6) is -0.468. The van der Waals surface area contributed by atoms with Crippen LogP contribution in [0.4, 0.5) is 0 Å². The lowest BCUT2D eigenvalue weighted by Gasteiger charge is -2.08. The molecule has 7 heteroatoms. The number of hydrazone groups is 1. The summed E-state index contributed by atoms with van der Waals surface area (Å²) in [5.41, 5.74) is 5.85. The maximum absolute atomic E-state index is 12.1. The Morgan fingerprint density at radius 1 is 0.839 bits per heavy atom. The van der Waals surface area contributed by atoms with Gasteiger partial charge in [-0.2, -0.15) is 5.10 Å². The number of nitrogens with one attached hydrogen (secondary N) is 1. The number of carbonyl (C=O) groups excluding carboxylic acids is 1. The third-order valence-corrected chi connectivity index (χ3v) is 4.29. The Morgan fingerprint density at radius 2 is 1.52 bits per heavy atom. The maximum atomic E-state index is 12.1. The van der Waals surface area contributed by atoms with Crippen LogP contribution in [0.5, 0.6) is 11.5 Å². The van der Waals surface area contributed by atoms with E-state index in [2.05, 4.69) is 10.5 Å². The highest BCUT2D eigenvalue weighted by Crippen LogP contribution is 2.22. The molecule has 0 unspecified atom stereocenters. The minimum atomic E-state index is -1.06. The average Bonchev–Trinajstić information content (AvgIpc) is 2.81. The minimum absolute atomic E-state index is 0.177. The minimum Gasteiger partial charge on any atom is -0.484 e. The van der Waals surface area contributed by atoms with Crippen molar-refractivity contribution in [3.05, 3.63) is 84.4 Å². The first-order valence-corrected chi connectivity index (χ1v) is 9.58. The highest BCUT2D eigenvalue weighted by molar-refractivity contribution is 5.99. The molecule has 31 heavy (non-hydrogen) atoms. The van der Waals surface area contributed by atoms with E-state index in [1.807, 2.05) is 54.6 Å². The lowest BCUT2D eigenvalue weighted by Crippen LogP contribution is -2.25. The van der Waals surface area contributed by atoms with Gasteiger partial charge in [-0.05, 0) is 42.3 Å². The van der Waals surface area contributed by atoms with E-state index < -0.39 is 18.5 Å². The van der Waals surface area contributed by atoms with Crippen LogP contribution >= 0.6 is 0 Å². The van der Waals surface area contributed by atoms with Crippen LogP contribution in [0.1, 0.15) is 12.5 Å². The summed E-state index contributed by atoms with van der Waals surface area (Å²) in [6.45, 7) is 1.11. The maximum Gasteiger partial charge on any atom is 0.341 e. The summed E-state index contributed by atoms with van der Waals surface area (Å²) in [7, 11) is 0. The van der Waals surface area contributed by atoms with E-state index in [-0.39, 0.29) is 6.61 Å². The molecule has 0 aliphatic heterocycles. The molecule has 0 saturated heterocycles. The van der Waals surface area contributed by atoms with Crippen LogP contribution in [-0.4, -0.2) is 35.9 Å². The smallest absolute Gasteiger partial charge is 0.341 e. The Bertz CT molecular complexity index is 1060. The molecule has 7 nitrogen and oxygen atoms in total. The number of hydrogen-bond donors (Lipinski definition) is 2. The van der Waals surface area contributed by atoms with E-state index in [1.165, 1.54) is 0 Å². The number of hydrogen-bond acceptors (Lipinski definition) is 5. The predicted molar refractivity (Wildman–Crippen MR) is 117 cm³/mol. The molecule has 2 N–H and O–H groups in total. The number of rotatable bonds is 9. The molecule has 0 heterocycles. The molecule has 3 aromatic carbocycles. The standard InChI is InChI=1S/C24H22N2O5/c1-17(20-8-5-9-22(14-20)31-16-24(28)29)25-26-23(27)15-30-21-12-10-19(11-13-21)18-6-3-2-4-7-18/h2-14H,15-16H2,1H3,(H,26,27)(H,28,29)/b25-17-. The third-order valence-electron chi connectivity index (χ3n) is 4.29. The fourth-order valence-electron chi connectivity index (χ4n) is 2.72. The van der Waals surface area contributed by atoms with Crippen LogP contribution in [0.2, 0.25) is 0 Å². The molecule has 0 bridgehead atoms. The molecule has 3 aromatic rings. The molecular weight excluding hydrogens is 396 g/mol. The number of aliphatic carboxylic acids is 1. The summed E-state index contributed by atoms with van der Waals surface area (Å²) in [5, 5.41) is 12.8. The van der Waals surface area contributed by atoms with E-state index in [0.717, 1.165) is 11.1 Å². The molecule has 0 atom stereocenters. The van der Waals surface area contributed by atoms with E-state index in [1.54, 1.807) is 31.2 Å². The van der Waals surface area contributed by atoms with Gasteiger partial charge in [0.15, 0.2) is 13.2 Å². The van der Waals surface area contributed by atoms with Crippen molar-refractivity contribution in [3.63, 3.8) is 0 Å². The average molecular weight is 418 g/mol. The van der Waals surface area contributed by atoms with Crippen molar-refractivity contribution in [2.75, 3.05) is 13.2 Å². The van der Waals surface area contributed by atoms with Crippen molar-refractivity contribution in [2.24, 2.45) is 5.10 Å². The first-order chi connectivity index (χ1) is 15.0. The van der Waals surface area contributed by atoms with Gasteiger partial charge in [0.2, 0.25) is 0 Å². The van der Waals surface area contributed by atoms with Gasteiger partial charge >= 0.3 is 5.97 Å². The quantitative estimate of drug-likeness (QED) is 0.408. The van der Waals surface area contributed by atoms with Crippen LogP contribution in [0.15, 0.2) is 84.0 Å². The fourth-order valence-corrected chi connectivity index (χ4v) is 2.72. The van der Waals surface area contributed by atoms with Gasteiger partial charge in [0, 0.05) is 5.56 Å². The molecule has 158 valence electrons. The first kappa shape index (κ1) is 21.6. The van der Waals surface area contributed by atoms with E-state index in [9.17, 15) is 9.59 Å². The second kappa shape index (κ2) is 10.6. The molecule has 0 aliphatic rings. The Hall–Kier alpha value is -4.13. The highest BCUT2D eigenvalue weighted by Gasteiger charge is 2.06. The number of carboxylic acids is 1. The summed E-state index contributed by atoms with van der Waals surface area (Å²) < 4.78 is 10.7. The van der Waals surface area contributed by atoms with Crippen molar-refractivity contribution >= 4 is 17.6 Å². The molecule has 0 aromatic heterocycles. The van der Waals surface area contributed by atoms with Crippen LogP contribution in [0.25, 0.3) is 11.1 Å². The molecule has 3 rings (SSSR count). The van der Waals surface area contributed by atoms with Gasteiger partial charge in [-0.3, -0.25) is 4.79 Å². The zero-order valence-corrected chi connectivity index (χ0v) is 16.9. The molecule has 1 amide bonds. The van der Waals surface area contributed by atoms with Crippen molar-refractivity contribution < 1.29 is 24.2 Å². The number of ether oxygens (including phenoxy) is 2. The van der Waals surface area contributed by atoms with Crippen LogP contribution < -0.4 is 14.9 Å². The fraction of sp³-hybridized carbons (Fsp3) is 0.125. The Labute approximate surface area is 179 Å².